The van der Waals surface area contributed by atoms with E-state index >= 15 is 0 Å². The Kier molecular flexibility index (Phi) is 3.39. The van der Waals surface area contributed by atoms with Crippen molar-refractivity contribution in [3.05, 3.63) is 28.8 Å². The van der Waals surface area contributed by atoms with Crippen molar-refractivity contribution in [2.45, 2.75) is 33.1 Å². The van der Waals surface area contributed by atoms with Crippen molar-refractivity contribution in [1.82, 2.24) is 9.97 Å². The second-order valence-corrected chi connectivity index (χ2v) is 6.31. The SMILES string of the molecule is CNc1cc(C(C)(C)C)nc(-c2sccc2C)n1. The van der Waals surface area contributed by atoms with Crippen LogP contribution in [0.25, 0.3) is 10.7 Å². The Morgan fingerprint density at radius 3 is 2.44 bits per heavy atom. The third-order valence-electron chi connectivity index (χ3n) is 2.82. The molecule has 2 aromatic heterocycles. The summed E-state index contributed by atoms with van der Waals surface area (Å²) >= 11 is 1.69. The van der Waals surface area contributed by atoms with Gasteiger partial charge in [0.15, 0.2) is 5.82 Å². The van der Waals surface area contributed by atoms with Crippen molar-refractivity contribution in [3.63, 3.8) is 0 Å². The lowest BCUT2D eigenvalue weighted by Gasteiger charge is -2.19. The predicted octanol–water partition coefficient (Wildman–Crippen LogP) is 3.85. The lowest BCUT2D eigenvalue weighted by Crippen LogP contribution is -2.15. The fourth-order valence-electron chi connectivity index (χ4n) is 1.66. The number of thiophene rings is 1. The Labute approximate surface area is 112 Å². The van der Waals surface area contributed by atoms with E-state index in [-0.39, 0.29) is 5.41 Å². The molecule has 96 valence electrons. The molecule has 0 aliphatic carbocycles. The normalized spacial score (nSPS) is 11.6. The van der Waals surface area contributed by atoms with Crippen molar-refractivity contribution in [2.75, 3.05) is 12.4 Å². The molecule has 1 N–H and O–H groups in total. The molecule has 0 spiro atoms. The van der Waals surface area contributed by atoms with Crippen LogP contribution in [0.2, 0.25) is 0 Å². The Bertz CT molecular complexity index is 552. The Morgan fingerprint density at radius 1 is 1.22 bits per heavy atom. The molecule has 0 atom stereocenters. The molecule has 0 aliphatic heterocycles. The largest absolute Gasteiger partial charge is 0.373 e. The van der Waals surface area contributed by atoms with Gasteiger partial charge in [0.2, 0.25) is 0 Å². The quantitative estimate of drug-likeness (QED) is 0.892. The maximum Gasteiger partial charge on any atom is 0.172 e. The lowest BCUT2D eigenvalue weighted by molar-refractivity contribution is 0.568. The van der Waals surface area contributed by atoms with Gasteiger partial charge in [-0.15, -0.1) is 11.3 Å². The van der Waals surface area contributed by atoms with Gasteiger partial charge in [0.25, 0.3) is 0 Å². The van der Waals surface area contributed by atoms with Crippen LogP contribution in [-0.4, -0.2) is 17.0 Å². The van der Waals surface area contributed by atoms with Crippen LogP contribution in [0.3, 0.4) is 0 Å². The summed E-state index contributed by atoms with van der Waals surface area (Å²) in [7, 11) is 1.89. The van der Waals surface area contributed by atoms with Gasteiger partial charge in [-0.3, -0.25) is 0 Å². The van der Waals surface area contributed by atoms with E-state index in [0.29, 0.717) is 0 Å². The first-order chi connectivity index (χ1) is 8.41. The zero-order valence-electron chi connectivity index (χ0n) is 11.5. The molecule has 4 heteroatoms. The van der Waals surface area contributed by atoms with Crippen LogP contribution in [0.5, 0.6) is 0 Å². The van der Waals surface area contributed by atoms with E-state index < -0.39 is 0 Å². The highest BCUT2D eigenvalue weighted by molar-refractivity contribution is 7.13. The highest BCUT2D eigenvalue weighted by Gasteiger charge is 2.19. The summed E-state index contributed by atoms with van der Waals surface area (Å²) in [5, 5.41) is 5.19. The van der Waals surface area contributed by atoms with E-state index in [1.165, 1.54) is 5.56 Å². The van der Waals surface area contributed by atoms with Gasteiger partial charge in [0.1, 0.15) is 5.82 Å². The van der Waals surface area contributed by atoms with Crippen molar-refractivity contribution >= 4 is 17.2 Å². The van der Waals surface area contributed by atoms with E-state index in [9.17, 15) is 0 Å². The Balaban J connectivity index is 2.58. The van der Waals surface area contributed by atoms with Crippen LogP contribution in [0, 0.1) is 6.92 Å². The fraction of sp³-hybridized carbons (Fsp3) is 0.429. The van der Waals surface area contributed by atoms with Gasteiger partial charge in [-0.1, -0.05) is 20.8 Å². The molecule has 0 saturated carbocycles. The molecule has 2 rings (SSSR count). The average Bonchev–Trinajstić information content (AvgIpc) is 2.73. The Hall–Kier alpha value is -1.42. The first kappa shape index (κ1) is 13.0. The number of rotatable bonds is 2. The summed E-state index contributed by atoms with van der Waals surface area (Å²) in [6.07, 6.45) is 0. The molecule has 0 unspecified atom stereocenters. The van der Waals surface area contributed by atoms with Crippen LogP contribution >= 0.6 is 11.3 Å². The van der Waals surface area contributed by atoms with E-state index in [2.05, 4.69) is 49.4 Å². The fourth-order valence-corrected chi connectivity index (χ4v) is 2.52. The van der Waals surface area contributed by atoms with Crippen LogP contribution in [-0.2, 0) is 5.41 Å². The van der Waals surface area contributed by atoms with Crippen LogP contribution < -0.4 is 5.32 Å². The van der Waals surface area contributed by atoms with Gasteiger partial charge in [-0.05, 0) is 23.9 Å². The minimum absolute atomic E-state index is 0.0223. The maximum absolute atomic E-state index is 4.72. The topological polar surface area (TPSA) is 37.8 Å². The molecule has 0 radical (unpaired) electrons. The zero-order valence-corrected chi connectivity index (χ0v) is 12.4. The molecular formula is C14H19N3S. The van der Waals surface area contributed by atoms with E-state index in [1.807, 2.05) is 13.1 Å². The van der Waals surface area contributed by atoms with Crippen LogP contribution in [0.1, 0.15) is 32.0 Å². The van der Waals surface area contributed by atoms with Crippen molar-refractivity contribution < 1.29 is 0 Å². The van der Waals surface area contributed by atoms with Crippen molar-refractivity contribution in [3.8, 4) is 10.7 Å². The highest BCUT2D eigenvalue weighted by atomic mass is 32.1. The van der Waals surface area contributed by atoms with Gasteiger partial charge in [-0.2, -0.15) is 0 Å². The van der Waals surface area contributed by atoms with Gasteiger partial charge >= 0.3 is 0 Å². The number of aromatic nitrogens is 2. The Morgan fingerprint density at radius 2 is 1.94 bits per heavy atom. The molecule has 0 aromatic carbocycles. The second kappa shape index (κ2) is 4.69. The molecule has 0 fully saturated rings. The standard InChI is InChI=1S/C14H19N3S/c1-9-6-7-18-12(9)13-16-10(14(2,3)4)8-11(15-5)17-13/h6-8H,1-5H3,(H,15,16,17). The summed E-state index contributed by atoms with van der Waals surface area (Å²) in [4.78, 5) is 10.4. The molecular weight excluding hydrogens is 242 g/mol. The van der Waals surface area contributed by atoms with Crippen LogP contribution in [0.15, 0.2) is 17.5 Å². The third kappa shape index (κ3) is 2.53. The van der Waals surface area contributed by atoms with E-state index in [1.54, 1.807) is 11.3 Å². The predicted molar refractivity (Wildman–Crippen MR) is 78.3 cm³/mol. The van der Waals surface area contributed by atoms with Crippen molar-refractivity contribution in [2.24, 2.45) is 0 Å². The smallest absolute Gasteiger partial charge is 0.172 e. The minimum atomic E-state index is 0.0223. The molecule has 18 heavy (non-hydrogen) atoms. The first-order valence-electron chi connectivity index (χ1n) is 6.03. The number of nitrogens with zero attached hydrogens (tertiary/aromatic N) is 2. The summed E-state index contributed by atoms with van der Waals surface area (Å²) in [5.41, 5.74) is 2.31. The summed E-state index contributed by atoms with van der Waals surface area (Å²) in [6, 6.07) is 4.12. The lowest BCUT2D eigenvalue weighted by atomic mass is 9.92. The molecule has 2 aromatic rings. The first-order valence-corrected chi connectivity index (χ1v) is 6.91. The van der Waals surface area contributed by atoms with Crippen molar-refractivity contribution in [1.29, 1.82) is 0 Å². The van der Waals surface area contributed by atoms with E-state index in [4.69, 9.17) is 4.98 Å². The average molecular weight is 261 g/mol. The molecule has 0 aliphatic rings. The van der Waals surface area contributed by atoms with E-state index in [0.717, 1.165) is 22.2 Å². The minimum Gasteiger partial charge on any atom is -0.373 e. The van der Waals surface area contributed by atoms with Gasteiger partial charge in [-0.25, -0.2) is 9.97 Å². The number of hydrogen-bond acceptors (Lipinski definition) is 4. The second-order valence-electron chi connectivity index (χ2n) is 5.39. The molecule has 2 heterocycles. The molecule has 0 amide bonds. The number of hydrogen-bond donors (Lipinski definition) is 1. The van der Waals surface area contributed by atoms with Crippen LogP contribution in [0.4, 0.5) is 5.82 Å². The molecule has 0 bridgehead atoms. The molecule has 0 saturated heterocycles. The summed E-state index contributed by atoms with van der Waals surface area (Å²) in [5.74, 6) is 1.69. The van der Waals surface area contributed by atoms with Gasteiger partial charge in [0.05, 0.1) is 10.6 Å². The maximum atomic E-state index is 4.72. The number of nitrogens with one attached hydrogen (secondary N) is 1. The monoisotopic (exact) mass is 261 g/mol. The zero-order chi connectivity index (χ0) is 13.3. The van der Waals surface area contributed by atoms with Gasteiger partial charge < -0.3 is 5.32 Å². The highest BCUT2D eigenvalue weighted by Crippen LogP contribution is 2.30. The summed E-state index contributed by atoms with van der Waals surface area (Å²) < 4.78 is 0. The summed E-state index contributed by atoms with van der Waals surface area (Å²) in [6.45, 7) is 8.59. The third-order valence-corrected chi connectivity index (χ3v) is 3.83. The number of anilines is 1. The van der Waals surface area contributed by atoms with Gasteiger partial charge in [0, 0.05) is 18.5 Å². The number of aryl methyl sites for hydroxylation is 1. The molecule has 3 nitrogen and oxygen atoms in total.